The van der Waals surface area contributed by atoms with Crippen LogP contribution < -0.4 is 10.6 Å². The SMILES string of the molecule is CCC(C)(C)NC(=O)CN(C)C1CCCNCC1.Cl. The largest absolute Gasteiger partial charge is 0.350 e. The maximum atomic E-state index is 12.0. The third-order valence-corrected chi connectivity index (χ3v) is 3.92. The van der Waals surface area contributed by atoms with E-state index in [1.165, 1.54) is 12.8 Å². The van der Waals surface area contributed by atoms with E-state index in [1.807, 2.05) is 0 Å². The quantitative estimate of drug-likeness (QED) is 0.812. The highest BCUT2D eigenvalue weighted by Crippen LogP contribution is 2.12. The summed E-state index contributed by atoms with van der Waals surface area (Å²) < 4.78 is 0. The number of hydrogen-bond donors (Lipinski definition) is 2. The van der Waals surface area contributed by atoms with Gasteiger partial charge in [0.05, 0.1) is 6.54 Å². The van der Waals surface area contributed by atoms with Gasteiger partial charge in [0.15, 0.2) is 0 Å². The summed E-state index contributed by atoms with van der Waals surface area (Å²) in [7, 11) is 2.06. The Morgan fingerprint density at radius 1 is 1.37 bits per heavy atom. The van der Waals surface area contributed by atoms with Crippen molar-refractivity contribution in [1.29, 1.82) is 0 Å². The predicted molar refractivity (Wildman–Crippen MR) is 82.9 cm³/mol. The molecule has 0 aromatic carbocycles. The normalized spacial score (nSPS) is 20.6. The molecular formula is C14H30ClN3O. The van der Waals surface area contributed by atoms with E-state index in [0.717, 1.165) is 25.9 Å². The van der Waals surface area contributed by atoms with Gasteiger partial charge in [0.1, 0.15) is 0 Å². The van der Waals surface area contributed by atoms with Crippen LogP contribution in [0.25, 0.3) is 0 Å². The molecule has 1 amide bonds. The summed E-state index contributed by atoms with van der Waals surface area (Å²) in [6.07, 6.45) is 4.49. The second-order valence-electron chi connectivity index (χ2n) is 6.04. The van der Waals surface area contributed by atoms with Gasteiger partial charge in [-0.05, 0) is 59.7 Å². The minimum Gasteiger partial charge on any atom is -0.350 e. The third-order valence-electron chi connectivity index (χ3n) is 3.92. The molecule has 0 aromatic heterocycles. The summed E-state index contributed by atoms with van der Waals surface area (Å²) in [5.41, 5.74) is -0.0943. The Balaban J connectivity index is 0.00000324. The predicted octanol–water partition coefficient (Wildman–Crippen LogP) is 1.79. The molecule has 0 aliphatic carbocycles. The molecule has 1 heterocycles. The van der Waals surface area contributed by atoms with Crippen LogP contribution in [0.15, 0.2) is 0 Å². The molecule has 1 fully saturated rings. The number of amides is 1. The topological polar surface area (TPSA) is 44.4 Å². The van der Waals surface area contributed by atoms with Gasteiger partial charge in [0.25, 0.3) is 0 Å². The van der Waals surface area contributed by atoms with Gasteiger partial charge in [0.2, 0.25) is 5.91 Å². The van der Waals surface area contributed by atoms with Crippen LogP contribution in [0.1, 0.15) is 46.5 Å². The first kappa shape index (κ1) is 18.7. The number of rotatable bonds is 5. The molecule has 0 spiro atoms. The van der Waals surface area contributed by atoms with Crippen molar-refractivity contribution in [3.8, 4) is 0 Å². The molecule has 1 aliphatic heterocycles. The van der Waals surface area contributed by atoms with Crippen LogP contribution >= 0.6 is 12.4 Å². The fourth-order valence-corrected chi connectivity index (χ4v) is 2.30. The van der Waals surface area contributed by atoms with E-state index < -0.39 is 0 Å². The first-order valence-corrected chi connectivity index (χ1v) is 7.16. The van der Waals surface area contributed by atoms with Gasteiger partial charge in [-0.2, -0.15) is 0 Å². The highest BCUT2D eigenvalue weighted by molar-refractivity contribution is 5.85. The van der Waals surface area contributed by atoms with Crippen molar-refractivity contribution >= 4 is 18.3 Å². The van der Waals surface area contributed by atoms with Crippen molar-refractivity contribution in [1.82, 2.24) is 15.5 Å². The fraction of sp³-hybridized carbons (Fsp3) is 0.929. The smallest absolute Gasteiger partial charge is 0.234 e. The van der Waals surface area contributed by atoms with Gasteiger partial charge in [-0.15, -0.1) is 12.4 Å². The highest BCUT2D eigenvalue weighted by atomic mass is 35.5. The number of likely N-dealkylation sites (N-methyl/N-ethyl adjacent to an activating group) is 1. The van der Waals surface area contributed by atoms with Gasteiger partial charge >= 0.3 is 0 Å². The first-order chi connectivity index (χ1) is 8.44. The lowest BCUT2D eigenvalue weighted by Gasteiger charge is -2.29. The zero-order valence-electron chi connectivity index (χ0n) is 12.8. The van der Waals surface area contributed by atoms with Gasteiger partial charge in [-0.25, -0.2) is 0 Å². The fourth-order valence-electron chi connectivity index (χ4n) is 2.30. The summed E-state index contributed by atoms with van der Waals surface area (Å²) in [5, 5.41) is 6.50. The summed E-state index contributed by atoms with van der Waals surface area (Å²) in [5.74, 6) is 0.140. The average molecular weight is 292 g/mol. The van der Waals surface area contributed by atoms with Crippen LogP contribution in [0.5, 0.6) is 0 Å². The summed E-state index contributed by atoms with van der Waals surface area (Å²) in [6, 6.07) is 0.537. The standard InChI is InChI=1S/C14H29N3O.ClH/c1-5-14(2,3)16-13(18)11-17(4)12-7-6-9-15-10-8-12;/h12,15H,5-11H2,1-4H3,(H,16,18);1H. The maximum absolute atomic E-state index is 12.0. The van der Waals surface area contributed by atoms with Crippen molar-refractivity contribution in [3.05, 3.63) is 0 Å². The zero-order chi connectivity index (χ0) is 13.6. The monoisotopic (exact) mass is 291 g/mol. The number of nitrogens with one attached hydrogen (secondary N) is 2. The third kappa shape index (κ3) is 7.14. The lowest BCUT2D eigenvalue weighted by molar-refractivity contribution is -0.124. The van der Waals surface area contributed by atoms with Gasteiger partial charge in [-0.3, -0.25) is 9.69 Å². The minimum absolute atomic E-state index is 0. The molecule has 4 nitrogen and oxygen atoms in total. The Kier molecular flexibility index (Phi) is 8.62. The van der Waals surface area contributed by atoms with Crippen LogP contribution in [0.2, 0.25) is 0 Å². The van der Waals surface area contributed by atoms with E-state index in [2.05, 4.69) is 43.4 Å². The first-order valence-electron chi connectivity index (χ1n) is 7.16. The highest BCUT2D eigenvalue weighted by Gasteiger charge is 2.22. The molecule has 19 heavy (non-hydrogen) atoms. The number of hydrogen-bond acceptors (Lipinski definition) is 3. The Morgan fingerprint density at radius 2 is 2.05 bits per heavy atom. The van der Waals surface area contributed by atoms with Crippen LogP contribution in [0.4, 0.5) is 0 Å². The molecule has 0 radical (unpaired) electrons. The molecule has 0 aromatic rings. The lowest BCUT2D eigenvalue weighted by Crippen LogP contribution is -2.48. The van der Waals surface area contributed by atoms with Gasteiger partial charge in [0, 0.05) is 11.6 Å². The molecule has 1 atom stereocenters. The van der Waals surface area contributed by atoms with Crippen LogP contribution in [0.3, 0.4) is 0 Å². The van der Waals surface area contributed by atoms with E-state index in [1.54, 1.807) is 0 Å². The molecule has 1 aliphatic rings. The summed E-state index contributed by atoms with van der Waals surface area (Å²) >= 11 is 0. The molecule has 0 bridgehead atoms. The van der Waals surface area contributed by atoms with Crippen molar-refractivity contribution < 1.29 is 4.79 Å². The van der Waals surface area contributed by atoms with E-state index >= 15 is 0 Å². The molecule has 1 saturated heterocycles. The van der Waals surface area contributed by atoms with Crippen LogP contribution in [-0.2, 0) is 4.79 Å². The summed E-state index contributed by atoms with van der Waals surface area (Å²) in [4.78, 5) is 14.2. The van der Waals surface area contributed by atoms with E-state index in [9.17, 15) is 4.79 Å². The molecule has 114 valence electrons. The molecule has 1 rings (SSSR count). The van der Waals surface area contributed by atoms with Crippen LogP contribution in [0, 0.1) is 0 Å². The van der Waals surface area contributed by atoms with Crippen molar-refractivity contribution in [3.63, 3.8) is 0 Å². The molecule has 0 saturated carbocycles. The van der Waals surface area contributed by atoms with Gasteiger partial charge in [-0.1, -0.05) is 6.92 Å². The van der Waals surface area contributed by atoms with E-state index in [-0.39, 0.29) is 23.9 Å². The number of halogens is 1. The van der Waals surface area contributed by atoms with Crippen molar-refractivity contribution in [2.75, 3.05) is 26.7 Å². The zero-order valence-corrected chi connectivity index (χ0v) is 13.6. The molecule has 1 unspecified atom stereocenters. The number of carbonyl (C=O) groups excluding carboxylic acids is 1. The average Bonchev–Trinajstić information content (AvgIpc) is 2.56. The second-order valence-corrected chi connectivity index (χ2v) is 6.04. The Bertz CT molecular complexity index is 263. The Morgan fingerprint density at radius 3 is 2.68 bits per heavy atom. The molecular weight excluding hydrogens is 262 g/mol. The Hall–Kier alpha value is -0.320. The van der Waals surface area contributed by atoms with E-state index in [4.69, 9.17) is 0 Å². The van der Waals surface area contributed by atoms with Crippen molar-refractivity contribution in [2.45, 2.75) is 58.0 Å². The van der Waals surface area contributed by atoms with E-state index in [0.29, 0.717) is 12.6 Å². The van der Waals surface area contributed by atoms with Gasteiger partial charge < -0.3 is 10.6 Å². The molecule has 5 heteroatoms. The summed E-state index contributed by atoms with van der Waals surface area (Å²) in [6.45, 7) is 8.92. The minimum atomic E-state index is -0.0943. The molecule has 2 N–H and O–H groups in total. The number of nitrogens with zero attached hydrogens (tertiary/aromatic N) is 1. The van der Waals surface area contributed by atoms with Crippen LogP contribution in [-0.4, -0.2) is 49.1 Å². The number of carbonyl (C=O) groups is 1. The maximum Gasteiger partial charge on any atom is 0.234 e. The Labute approximate surface area is 124 Å². The lowest BCUT2D eigenvalue weighted by atomic mass is 10.0. The van der Waals surface area contributed by atoms with Crippen molar-refractivity contribution in [2.24, 2.45) is 0 Å². The second kappa shape index (κ2) is 8.77.